The Morgan fingerprint density at radius 1 is 1.56 bits per heavy atom. The van der Waals surface area contributed by atoms with Gasteiger partial charge in [-0.25, -0.2) is 0 Å². The van der Waals surface area contributed by atoms with Crippen molar-refractivity contribution in [3.63, 3.8) is 0 Å². The fourth-order valence-corrected chi connectivity index (χ4v) is 3.06. The molecule has 1 aliphatic rings. The highest BCUT2D eigenvalue weighted by atomic mass is 15.3. The minimum Gasteiger partial charge on any atom is -0.297 e. The molecule has 1 aliphatic carbocycles. The van der Waals surface area contributed by atoms with E-state index in [2.05, 4.69) is 48.0 Å². The van der Waals surface area contributed by atoms with Crippen LogP contribution in [0, 0.1) is 25.2 Å². The zero-order chi connectivity index (χ0) is 13.3. The summed E-state index contributed by atoms with van der Waals surface area (Å²) < 4.78 is 2.09. The summed E-state index contributed by atoms with van der Waals surface area (Å²) in [6.07, 6.45) is 2.78. The smallest absolute Gasteiger partial charge is 0.109 e. The number of aryl methyl sites for hydroxylation is 2. The van der Waals surface area contributed by atoms with E-state index in [4.69, 9.17) is 0 Å². The summed E-state index contributed by atoms with van der Waals surface area (Å²) in [5.41, 5.74) is 1.88. The second-order valence-electron chi connectivity index (χ2n) is 5.76. The van der Waals surface area contributed by atoms with Crippen LogP contribution in [0.15, 0.2) is 6.07 Å². The molecule has 1 N–H and O–H groups in total. The summed E-state index contributed by atoms with van der Waals surface area (Å²) in [5, 5.41) is 17.4. The first-order chi connectivity index (χ1) is 8.46. The maximum atomic E-state index is 9.46. The third-order valence-electron chi connectivity index (χ3n) is 3.66. The van der Waals surface area contributed by atoms with Gasteiger partial charge < -0.3 is 0 Å². The first kappa shape index (κ1) is 13.1. The van der Waals surface area contributed by atoms with Crippen LogP contribution in [0.2, 0.25) is 0 Å². The molecule has 0 spiro atoms. The molecule has 0 saturated heterocycles. The van der Waals surface area contributed by atoms with E-state index in [1.54, 1.807) is 0 Å². The summed E-state index contributed by atoms with van der Waals surface area (Å²) in [6.45, 7) is 8.29. The average Bonchev–Trinajstić information content (AvgIpc) is 2.82. The lowest BCUT2D eigenvalue weighted by molar-refractivity contribution is 0.359. The number of nitrogens with zero attached hydrogens (tertiary/aromatic N) is 3. The molecule has 4 heteroatoms. The van der Waals surface area contributed by atoms with Crippen LogP contribution in [0.1, 0.15) is 50.5 Å². The highest BCUT2D eigenvalue weighted by Crippen LogP contribution is 2.38. The van der Waals surface area contributed by atoms with Crippen molar-refractivity contribution in [3.8, 4) is 6.07 Å². The van der Waals surface area contributed by atoms with Crippen LogP contribution < -0.4 is 5.32 Å². The van der Waals surface area contributed by atoms with Gasteiger partial charge in [0.15, 0.2) is 0 Å². The Morgan fingerprint density at radius 2 is 2.28 bits per heavy atom. The molecular formula is C14H22N4. The van der Waals surface area contributed by atoms with Crippen LogP contribution in [0.3, 0.4) is 0 Å². The summed E-state index contributed by atoms with van der Waals surface area (Å²) in [7, 11) is 0. The predicted octanol–water partition coefficient (Wildman–Crippen LogP) is 2.49. The van der Waals surface area contributed by atoms with Crippen LogP contribution >= 0.6 is 0 Å². The van der Waals surface area contributed by atoms with Crippen molar-refractivity contribution < 1.29 is 0 Å². The number of nitriles is 1. The van der Waals surface area contributed by atoms with Gasteiger partial charge in [0.2, 0.25) is 0 Å². The molecule has 0 aromatic carbocycles. The minimum absolute atomic E-state index is 0.337. The third-order valence-corrected chi connectivity index (χ3v) is 3.66. The van der Waals surface area contributed by atoms with Gasteiger partial charge in [0.1, 0.15) is 5.54 Å². The van der Waals surface area contributed by atoms with Crippen molar-refractivity contribution in [2.24, 2.45) is 0 Å². The zero-order valence-electron chi connectivity index (χ0n) is 11.7. The number of nitrogens with one attached hydrogen (secondary N) is 1. The maximum Gasteiger partial charge on any atom is 0.109 e. The van der Waals surface area contributed by atoms with Gasteiger partial charge in [-0.2, -0.15) is 10.4 Å². The van der Waals surface area contributed by atoms with E-state index in [-0.39, 0.29) is 5.54 Å². The number of hydrogen-bond acceptors (Lipinski definition) is 3. The standard InChI is InChI=1S/C14H22N4/c1-10(2)16-14(9-15)6-5-13(8-14)18-12(4)7-11(3)17-18/h7,10,13,16H,5-6,8H2,1-4H3. The quantitative estimate of drug-likeness (QED) is 0.891. The molecule has 1 aromatic rings. The zero-order valence-corrected chi connectivity index (χ0v) is 11.7. The highest BCUT2D eigenvalue weighted by Gasteiger charge is 2.41. The second kappa shape index (κ2) is 4.74. The molecule has 0 amide bonds. The van der Waals surface area contributed by atoms with Gasteiger partial charge in [0.05, 0.1) is 17.8 Å². The van der Waals surface area contributed by atoms with Crippen molar-refractivity contribution in [2.75, 3.05) is 0 Å². The van der Waals surface area contributed by atoms with E-state index in [1.807, 2.05) is 6.92 Å². The summed E-state index contributed by atoms with van der Waals surface area (Å²) in [5.74, 6) is 0. The van der Waals surface area contributed by atoms with E-state index in [1.165, 1.54) is 5.69 Å². The van der Waals surface area contributed by atoms with Crippen LogP contribution in [-0.2, 0) is 0 Å². The molecule has 18 heavy (non-hydrogen) atoms. The molecule has 0 radical (unpaired) electrons. The number of aromatic nitrogens is 2. The van der Waals surface area contributed by atoms with Crippen LogP contribution in [0.4, 0.5) is 0 Å². The molecule has 1 aromatic heterocycles. The van der Waals surface area contributed by atoms with Gasteiger partial charge in [-0.05, 0) is 46.6 Å². The Balaban J connectivity index is 2.17. The Morgan fingerprint density at radius 3 is 2.78 bits per heavy atom. The minimum atomic E-state index is -0.370. The molecule has 1 saturated carbocycles. The monoisotopic (exact) mass is 246 g/mol. The van der Waals surface area contributed by atoms with Crippen LogP contribution in [0.25, 0.3) is 0 Å². The van der Waals surface area contributed by atoms with Crippen molar-refractivity contribution in [1.82, 2.24) is 15.1 Å². The predicted molar refractivity (Wildman–Crippen MR) is 71.2 cm³/mol. The van der Waals surface area contributed by atoms with E-state index in [9.17, 15) is 5.26 Å². The Bertz CT molecular complexity index is 469. The topological polar surface area (TPSA) is 53.6 Å². The normalized spacial score (nSPS) is 27.7. The first-order valence-corrected chi connectivity index (χ1v) is 6.67. The molecule has 2 unspecified atom stereocenters. The number of hydrogen-bond donors (Lipinski definition) is 1. The van der Waals surface area contributed by atoms with E-state index in [0.717, 1.165) is 25.0 Å². The van der Waals surface area contributed by atoms with Gasteiger partial charge in [-0.1, -0.05) is 0 Å². The van der Waals surface area contributed by atoms with Gasteiger partial charge in [-0.15, -0.1) is 0 Å². The van der Waals surface area contributed by atoms with E-state index < -0.39 is 0 Å². The SMILES string of the molecule is Cc1cc(C)n(C2CCC(C#N)(NC(C)C)C2)n1. The second-order valence-corrected chi connectivity index (χ2v) is 5.76. The van der Waals surface area contributed by atoms with Crippen molar-refractivity contribution in [2.45, 2.75) is 64.6 Å². The number of rotatable bonds is 3. The van der Waals surface area contributed by atoms with Crippen molar-refractivity contribution >= 4 is 0 Å². The van der Waals surface area contributed by atoms with Gasteiger partial charge in [0, 0.05) is 18.2 Å². The lowest BCUT2D eigenvalue weighted by Crippen LogP contribution is -2.45. The highest BCUT2D eigenvalue weighted by molar-refractivity contribution is 5.15. The van der Waals surface area contributed by atoms with Crippen LogP contribution in [0.5, 0.6) is 0 Å². The average molecular weight is 246 g/mol. The van der Waals surface area contributed by atoms with Crippen molar-refractivity contribution in [3.05, 3.63) is 17.5 Å². The van der Waals surface area contributed by atoms with E-state index >= 15 is 0 Å². The summed E-state index contributed by atoms with van der Waals surface area (Å²) in [4.78, 5) is 0. The van der Waals surface area contributed by atoms with Gasteiger partial charge >= 0.3 is 0 Å². The lowest BCUT2D eigenvalue weighted by Gasteiger charge is -2.25. The molecule has 2 rings (SSSR count). The fourth-order valence-electron chi connectivity index (χ4n) is 3.06. The van der Waals surface area contributed by atoms with Gasteiger partial charge in [-0.3, -0.25) is 10.00 Å². The van der Waals surface area contributed by atoms with Gasteiger partial charge in [0.25, 0.3) is 0 Å². The molecule has 2 atom stereocenters. The lowest BCUT2D eigenvalue weighted by atomic mass is 9.98. The maximum absolute atomic E-state index is 9.46. The Hall–Kier alpha value is -1.34. The Kier molecular flexibility index (Phi) is 3.45. The summed E-state index contributed by atoms with van der Waals surface area (Å²) in [6, 6.07) is 5.27. The molecule has 4 nitrogen and oxygen atoms in total. The molecule has 0 bridgehead atoms. The first-order valence-electron chi connectivity index (χ1n) is 6.67. The molecular weight excluding hydrogens is 224 g/mol. The van der Waals surface area contributed by atoms with Crippen LogP contribution in [-0.4, -0.2) is 21.4 Å². The molecule has 98 valence electrons. The largest absolute Gasteiger partial charge is 0.297 e. The molecule has 0 aliphatic heterocycles. The van der Waals surface area contributed by atoms with Crippen molar-refractivity contribution in [1.29, 1.82) is 5.26 Å². The third kappa shape index (κ3) is 2.41. The fraction of sp³-hybridized carbons (Fsp3) is 0.714. The molecule has 1 heterocycles. The Labute approximate surface area is 109 Å². The summed E-state index contributed by atoms with van der Waals surface area (Å²) >= 11 is 0. The molecule has 1 fully saturated rings. The van der Waals surface area contributed by atoms with E-state index in [0.29, 0.717) is 12.1 Å².